The summed E-state index contributed by atoms with van der Waals surface area (Å²) < 4.78 is 9.45. The first-order valence-electron chi connectivity index (χ1n) is 4.73. The van der Waals surface area contributed by atoms with Gasteiger partial charge in [0.25, 0.3) is 0 Å². The minimum Gasteiger partial charge on any atom is -0.465 e. The van der Waals surface area contributed by atoms with Gasteiger partial charge in [-0.1, -0.05) is 0 Å². The Morgan fingerprint density at radius 1 is 1.20 bits per heavy atom. The SMILES string of the molecule is CCOC(=O)C(SCCO)C(=O)OCC. The van der Waals surface area contributed by atoms with E-state index < -0.39 is 17.2 Å². The highest BCUT2D eigenvalue weighted by molar-refractivity contribution is 8.01. The van der Waals surface area contributed by atoms with E-state index in [1.165, 1.54) is 0 Å². The number of aliphatic hydroxyl groups excluding tert-OH is 1. The van der Waals surface area contributed by atoms with Gasteiger partial charge in [-0.15, -0.1) is 11.8 Å². The quantitative estimate of drug-likeness (QED) is 0.503. The standard InChI is InChI=1S/C9H16O5S/c1-3-13-8(11)7(15-6-5-10)9(12)14-4-2/h7,10H,3-6H2,1-2H3. The topological polar surface area (TPSA) is 72.8 Å². The van der Waals surface area contributed by atoms with Crippen molar-refractivity contribution < 1.29 is 24.2 Å². The summed E-state index contributed by atoms with van der Waals surface area (Å²) in [5, 5.41) is 7.62. The number of rotatable bonds is 7. The van der Waals surface area contributed by atoms with Crippen LogP contribution in [-0.2, 0) is 19.1 Å². The van der Waals surface area contributed by atoms with Crippen molar-refractivity contribution in [1.82, 2.24) is 0 Å². The lowest BCUT2D eigenvalue weighted by atomic mass is 10.4. The van der Waals surface area contributed by atoms with Crippen molar-refractivity contribution >= 4 is 23.7 Å². The van der Waals surface area contributed by atoms with E-state index in [1.807, 2.05) is 0 Å². The highest BCUT2D eigenvalue weighted by atomic mass is 32.2. The van der Waals surface area contributed by atoms with Crippen LogP contribution in [-0.4, -0.2) is 47.9 Å². The second-order valence-corrected chi connectivity index (χ2v) is 3.69. The molecule has 1 N–H and O–H groups in total. The Labute approximate surface area is 93.1 Å². The fraction of sp³-hybridized carbons (Fsp3) is 0.778. The predicted octanol–water partition coefficient (Wildman–Crippen LogP) is 0.207. The Hall–Kier alpha value is -0.750. The molecule has 0 spiro atoms. The van der Waals surface area contributed by atoms with E-state index in [9.17, 15) is 9.59 Å². The summed E-state index contributed by atoms with van der Waals surface area (Å²) in [6.07, 6.45) is 0. The van der Waals surface area contributed by atoms with Crippen LogP contribution in [0.5, 0.6) is 0 Å². The van der Waals surface area contributed by atoms with Gasteiger partial charge in [0, 0.05) is 5.75 Å². The van der Waals surface area contributed by atoms with Gasteiger partial charge >= 0.3 is 11.9 Å². The summed E-state index contributed by atoms with van der Waals surface area (Å²) in [4.78, 5) is 22.7. The van der Waals surface area contributed by atoms with Crippen molar-refractivity contribution in [2.45, 2.75) is 19.1 Å². The number of esters is 2. The number of hydrogen-bond donors (Lipinski definition) is 1. The Bertz CT molecular complexity index is 189. The zero-order valence-corrected chi connectivity index (χ0v) is 9.71. The van der Waals surface area contributed by atoms with E-state index in [2.05, 4.69) is 0 Å². The number of thioether (sulfide) groups is 1. The highest BCUT2D eigenvalue weighted by Gasteiger charge is 2.29. The van der Waals surface area contributed by atoms with Crippen molar-refractivity contribution in [1.29, 1.82) is 0 Å². The van der Waals surface area contributed by atoms with E-state index in [1.54, 1.807) is 13.8 Å². The average Bonchev–Trinajstić information content (AvgIpc) is 2.19. The first kappa shape index (κ1) is 14.2. The summed E-state index contributed by atoms with van der Waals surface area (Å²) in [5.74, 6) is -0.939. The molecule has 0 aliphatic rings. The zero-order valence-electron chi connectivity index (χ0n) is 8.89. The van der Waals surface area contributed by atoms with Gasteiger partial charge in [-0.25, -0.2) is 0 Å². The molecule has 88 valence electrons. The third kappa shape index (κ3) is 5.64. The molecule has 15 heavy (non-hydrogen) atoms. The molecule has 0 aromatic heterocycles. The van der Waals surface area contributed by atoms with Gasteiger partial charge in [0.1, 0.15) is 0 Å². The maximum absolute atomic E-state index is 11.3. The number of aliphatic hydroxyl groups is 1. The van der Waals surface area contributed by atoms with Crippen LogP contribution in [0.3, 0.4) is 0 Å². The van der Waals surface area contributed by atoms with Crippen LogP contribution in [0.25, 0.3) is 0 Å². The molecule has 0 radical (unpaired) electrons. The van der Waals surface area contributed by atoms with Crippen molar-refractivity contribution in [2.75, 3.05) is 25.6 Å². The molecule has 6 heteroatoms. The summed E-state index contributed by atoms with van der Waals surface area (Å²) in [6, 6.07) is 0. The molecule has 0 aromatic rings. The van der Waals surface area contributed by atoms with E-state index in [-0.39, 0.29) is 19.8 Å². The second-order valence-electron chi connectivity index (χ2n) is 2.48. The maximum Gasteiger partial charge on any atom is 0.330 e. The third-order valence-corrected chi connectivity index (χ3v) is 2.51. The first-order chi connectivity index (χ1) is 7.17. The van der Waals surface area contributed by atoms with Crippen molar-refractivity contribution in [3.8, 4) is 0 Å². The Morgan fingerprint density at radius 2 is 1.67 bits per heavy atom. The first-order valence-corrected chi connectivity index (χ1v) is 5.77. The van der Waals surface area contributed by atoms with E-state index in [4.69, 9.17) is 14.6 Å². The van der Waals surface area contributed by atoms with Crippen LogP contribution in [0.2, 0.25) is 0 Å². The maximum atomic E-state index is 11.3. The largest absolute Gasteiger partial charge is 0.465 e. The monoisotopic (exact) mass is 236 g/mol. The minimum atomic E-state index is -0.989. The number of hydrogen-bond acceptors (Lipinski definition) is 6. The molecule has 0 aromatic carbocycles. The van der Waals surface area contributed by atoms with Crippen LogP contribution in [0.15, 0.2) is 0 Å². The molecule has 0 amide bonds. The van der Waals surface area contributed by atoms with Crippen LogP contribution < -0.4 is 0 Å². The van der Waals surface area contributed by atoms with Crippen LogP contribution in [0.1, 0.15) is 13.8 Å². The average molecular weight is 236 g/mol. The smallest absolute Gasteiger partial charge is 0.330 e. The van der Waals surface area contributed by atoms with E-state index in [0.29, 0.717) is 5.75 Å². The molecule has 0 heterocycles. The fourth-order valence-corrected chi connectivity index (χ4v) is 1.59. The van der Waals surface area contributed by atoms with E-state index in [0.717, 1.165) is 11.8 Å². The molecule has 0 aliphatic carbocycles. The molecule has 5 nitrogen and oxygen atoms in total. The second kappa shape index (κ2) is 8.55. The number of ether oxygens (including phenoxy) is 2. The van der Waals surface area contributed by atoms with Gasteiger partial charge in [-0.2, -0.15) is 0 Å². The molecular formula is C9H16O5S. The van der Waals surface area contributed by atoms with Gasteiger partial charge in [-0.3, -0.25) is 9.59 Å². The molecule has 0 saturated carbocycles. The van der Waals surface area contributed by atoms with Crippen LogP contribution in [0.4, 0.5) is 0 Å². The Balaban J connectivity index is 4.28. The van der Waals surface area contributed by atoms with Gasteiger partial charge in [0.05, 0.1) is 19.8 Å². The summed E-state index contributed by atoms with van der Waals surface area (Å²) in [6.45, 7) is 3.66. The fourth-order valence-electron chi connectivity index (χ4n) is 0.839. The van der Waals surface area contributed by atoms with Crippen molar-refractivity contribution in [3.63, 3.8) is 0 Å². The lowest BCUT2D eigenvalue weighted by Crippen LogP contribution is -2.31. The summed E-state index contributed by atoms with van der Waals surface area (Å²) in [5.41, 5.74) is 0. The minimum absolute atomic E-state index is 0.0972. The summed E-state index contributed by atoms with van der Waals surface area (Å²) >= 11 is 1.02. The molecule has 0 rings (SSSR count). The van der Waals surface area contributed by atoms with Crippen LogP contribution >= 0.6 is 11.8 Å². The zero-order chi connectivity index (χ0) is 11.7. The lowest BCUT2D eigenvalue weighted by Gasteiger charge is -2.12. The van der Waals surface area contributed by atoms with Crippen molar-refractivity contribution in [3.05, 3.63) is 0 Å². The van der Waals surface area contributed by atoms with Gasteiger partial charge in [0.2, 0.25) is 0 Å². The normalized spacial score (nSPS) is 10.1. The molecule has 0 bridgehead atoms. The molecule has 0 atom stereocenters. The lowest BCUT2D eigenvalue weighted by molar-refractivity contribution is -0.152. The van der Waals surface area contributed by atoms with Gasteiger partial charge < -0.3 is 14.6 Å². The van der Waals surface area contributed by atoms with Gasteiger partial charge in [-0.05, 0) is 13.8 Å². The molecule has 0 fully saturated rings. The highest BCUT2D eigenvalue weighted by Crippen LogP contribution is 2.14. The van der Waals surface area contributed by atoms with Gasteiger partial charge in [0.15, 0.2) is 5.25 Å². The Morgan fingerprint density at radius 3 is 2.00 bits per heavy atom. The molecule has 0 aliphatic heterocycles. The molecule has 0 saturated heterocycles. The van der Waals surface area contributed by atoms with E-state index >= 15 is 0 Å². The summed E-state index contributed by atoms with van der Waals surface area (Å²) in [7, 11) is 0. The third-order valence-electron chi connectivity index (χ3n) is 1.38. The Kier molecular flexibility index (Phi) is 8.12. The van der Waals surface area contributed by atoms with Crippen LogP contribution in [0, 0.1) is 0 Å². The molecule has 0 unspecified atom stereocenters. The number of carbonyl (C=O) groups is 2. The predicted molar refractivity (Wildman–Crippen MR) is 56.6 cm³/mol. The van der Waals surface area contributed by atoms with Crippen molar-refractivity contribution in [2.24, 2.45) is 0 Å². The number of carbonyl (C=O) groups excluding carboxylic acids is 2. The molecular weight excluding hydrogens is 220 g/mol.